The number of amides is 1. The summed E-state index contributed by atoms with van der Waals surface area (Å²) in [4.78, 5) is 12.2. The molecule has 0 aromatic heterocycles. The van der Waals surface area contributed by atoms with Gasteiger partial charge in [0, 0.05) is 11.3 Å². The highest BCUT2D eigenvalue weighted by molar-refractivity contribution is 6.09. The van der Waals surface area contributed by atoms with Gasteiger partial charge in [-0.3, -0.25) is 4.79 Å². The third-order valence-electron chi connectivity index (χ3n) is 4.01. The maximum Gasteiger partial charge on any atom is 0.266 e. The molecule has 4 nitrogen and oxygen atoms in total. The van der Waals surface area contributed by atoms with Gasteiger partial charge in [0.1, 0.15) is 35.6 Å². The lowest BCUT2D eigenvalue weighted by atomic mass is 10.1. The Kier molecular flexibility index (Phi) is 6.33. The molecule has 1 N–H and O–H groups in total. The zero-order valence-corrected chi connectivity index (χ0v) is 15.2. The van der Waals surface area contributed by atoms with Gasteiger partial charge in [0.2, 0.25) is 0 Å². The molecule has 3 aromatic carbocycles. The molecule has 3 aromatic rings. The minimum absolute atomic E-state index is 0.0887. The molecule has 29 heavy (non-hydrogen) atoms. The molecule has 0 aliphatic heterocycles. The van der Waals surface area contributed by atoms with Crippen molar-refractivity contribution in [1.29, 1.82) is 5.26 Å². The van der Waals surface area contributed by atoms with Gasteiger partial charge in [0.05, 0.1) is 0 Å². The second kappa shape index (κ2) is 9.29. The van der Waals surface area contributed by atoms with E-state index >= 15 is 0 Å². The molecule has 0 aliphatic carbocycles. The van der Waals surface area contributed by atoms with Crippen LogP contribution in [0.5, 0.6) is 5.75 Å². The van der Waals surface area contributed by atoms with Gasteiger partial charge < -0.3 is 10.1 Å². The van der Waals surface area contributed by atoms with E-state index in [1.807, 2.05) is 6.07 Å². The summed E-state index contributed by atoms with van der Waals surface area (Å²) in [6.45, 7) is 0.0887. The lowest BCUT2D eigenvalue weighted by molar-refractivity contribution is -0.112. The van der Waals surface area contributed by atoms with Crippen LogP contribution in [0.2, 0.25) is 0 Å². The Morgan fingerprint density at radius 1 is 1.00 bits per heavy atom. The van der Waals surface area contributed by atoms with Gasteiger partial charge in [-0.05, 0) is 54.1 Å². The maximum absolute atomic E-state index is 13.6. The number of benzene rings is 3. The number of halogens is 2. The summed E-state index contributed by atoms with van der Waals surface area (Å²) >= 11 is 0. The number of ether oxygens (including phenoxy) is 1. The molecule has 0 radical (unpaired) electrons. The van der Waals surface area contributed by atoms with Crippen molar-refractivity contribution in [1.82, 2.24) is 0 Å². The van der Waals surface area contributed by atoms with Crippen molar-refractivity contribution in [2.45, 2.75) is 6.61 Å². The van der Waals surface area contributed by atoms with E-state index in [2.05, 4.69) is 5.32 Å². The summed E-state index contributed by atoms with van der Waals surface area (Å²) < 4.78 is 32.1. The van der Waals surface area contributed by atoms with Crippen LogP contribution in [0.15, 0.2) is 78.4 Å². The van der Waals surface area contributed by atoms with Crippen LogP contribution in [0.25, 0.3) is 6.08 Å². The van der Waals surface area contributed by atoms with Crippen LogP contribution in [0.4, 0.5) is 14.5 Å². The number of hydrogen-bond acceptors (Lipinski definition) is 3. The molecular weight excluding hydrogens is 374 g/mol. The molecule has 3 rings (SSSR count). The molecule has 0 spiro atoms. The Morgan fingerprint density at radius 3 is 2.34 bits per heavy atom. The van der Waals surface area contributed by atoms with E-state index in [0.717, 1.165) is 0 Å². The molecule has 0 bridgehead atoms. The van der Waals surface area contributed by atoms with Crippen LogP contribution in [-0.4, -0.2) is 5.91 Å². The predicted octanol–water partition coefficient (Wildman–Crippen LogP) is 5.09. The number of nitrogens with zero attached hydrogens (tertiary/aromatic N) is 1. The summed E-state index contributed by atoms with van der Waals surface area (Å²) in [6, 6.07) is 20.1. The third kappa shape index (κ3) is 5.50. The minimum Gasteiger partial charge on any atom is -0.489 e. The molecule has 1 amide bonds. The summed E-state index contributed by atoms with van der Waals surface area (Å²) in [5.74, 6) is -0.826. The molecule has 0 unspecified atom stereocenters. The predicted molar refractivity (Wildman–Crippen MR) is 106 cm³/mol. The molecule has 6 heteroatoms. The molecule has 0 saturated carbocycles. The van der Waals surface area contributed by atoms with Gasteiger partial charge >= 0.3 is 0 Å². The third-order valence-corrected chi connectivity index (χ3v) is 4.01. The fourth-order valence-corrected chi connectivity index (χ4v) is 2.48. The number of hydrogen-bond donors (Lipinski definition) is 1. The maximum atomic E-state index is 13.6. The van der Waals surface area contributed by atoms with Gasteiger partial charge in [-0.15, -0.1) is 0 Å². The smallest absolute Gasteiger partial charge is 0.266 e. The van der Waals surface area contributed by atoms with E-state index in [4.69, 9.17) is 4.74 Å². The van der Waals surface area contributed by atoms with Crippen molar-refractivity contribution < 1.29 is 18.3 Å². The molecule has 0 aliphatic rings. The zero-order chi connectivity index (χ0) is 20.6. The zero-order valence-electron chi connectivity index (χ0n) is 15.2. The SMILES string of the molecule is N#C/C(=C\c1ccc(OCc2ccccc2F)cc1)C(=O)Nc1ccc(F)cc1. The van der Waals surface area contributed by atoms with E-state index in [0.29, 0.717) is 22.6 Å². The first-order chi connectivity index (χ1) is 14.0. The quantitative estimate of drug-likeness (QED) is 0.471. The largest absolute Gasteiger partial charge is 0.489 e. The van der Waals surface area contributed by atoms with E-state index in [1.165, 1.54) is 36.4 Å². The normalized spacial score (nSPS) is 10.9. The Labute approximate surface area is 166 Å². The molecule has 144 valence electrons. The second-order valence-corrected chi connectivity index (χ2v) is 6.08. The topological polar surface area (TPSA) is 62.1 Å². The Balaban J connectivity index is 1.65. The molecular formula is C23H16F2N2O2. The van der Waals surface area contributed by atoms with Crippen LogP contribution in [0.3, 0.4) is 0 Å². The van der Waals surface area contributed by atoms with Crippen molar-refractivity contribution in [2.75, 3.05) is 5.32 Å². The van der Waals surface area contributed by atoms with Crippen LogP contribution in [0.1, 0.15) is 11.1 Å². The highest BCUT2D eigenvalue weighted by Gasteiger charge is 2.10. The number of rotatable bonds is 6. The lowest BCUT2D eigenvalue weighted by Gasteiger charge is -2.07. The molecule has 0 atom stereocenters. The number of anilines is 1. The summed E-state index contributed by atoms with van der Waals surface area (Å²) in [6.07, 6.45) is 1.43. The van der Waals surface area contributed by atoms with E-state index in [-0.39, 0.29) is 18.0 Å². The number of nitrogens with one attached hydrogen (secondary N) is 1. The lowest BCUT2D eigenvalue weighted by Crippen LogP contribution is -2.13. The average molecular weight is 390 g/mol. The van der Waals surface area contributed by atoms with Crippen molar-refractivity contribution in [3.8, 4) is 11.8 Å². The van der Waals surface area contributed by atoms with Crippen LogP contribution in [0, 0.1) is 23.0 Å². The van der Waals surface area contributed by atoms with Crippen molar-refractivity contribution in [3.05, 3.63) is 101 Å². The first-order valence-corrected chi connectivity index (χ1v) is 8.70. The Morgan fingerprint density at radius 2 is 1.69 bits per heavy atom. The first kappa shape index (κ1) is 19.8. The molecule has 0 fully saturated rings. The van der Waals surface area contributed by atoms with E-state index in [1.54, 1.807) is 42.5 Å². The fourth-order valence-electron chi connectivity index (χ4n) is 2.48. The van der Waals surface area contributed by atoms with E-state index in [9.17, 15) is 18.8 Å². The summed E-state index contributed by atoms with van der Waals surface area (Å²) in [7, 11) is 0. The minimum atomic E-state index is -0.598. The number of carbonyl (C=O) groups is 1. The fraction of sp³-hybridized carbons (Fsp3) is 0.0435. The number of carbonyl (C=O) groups excluding carboxylic acids is 1. The Hall–Kier alpha value is -3.98. The van der Waals surface area contributed by atoms with Gasteiger partial charge in [0.25, 0.3) is 5.91 Å². The van der Waals surface area contributed by atoms with Crippen LogP contribution in [-0.2, 0) is 11.4 Å². The highest BCUT2D eigenvalue weighted by atomic mass is 19.1. The Bertz CT molecular complexity index is 1070. The van der Waals surface area contributed by atoms with Gasteiger partial charge in [-0.2, -0.15) is 5.26 Å². The summed E-state index contributed by atoms with van der Waals surface area (Å²) in [5.41, 5.74) is 1.35. The van der Waals surface area contributed by atoms with E-state index < -0.39 is 11.7 Å². The van der Waals surface area contributed by atoms with Crippen molar-refractivity contribution in [2.24, 2.45) is 0 Å². The molecule has 0 saturated heterocycles. The summed E-state index contributed by atoms with van der Waals surface area (Å²) in [5, 5.41) is 11.8. The highest BCUT2D eigenvalue weighted by Crippen LogP contribution is 2.18. The van der Waals surface area contributed by atoms with Crippen LogP contribution >= 0.6 is 0 Å². The average Bonchev–Trinajstić information content (AvgIpc) is 2.74. The molecule has 0 heterocycles. The first-order valence-electron chi connectivity index (χ1n) is 8.70. The van der Waals surface area contributed by atoms with Crippen molar-refractivity contribution in [3.63, 3.8) is 0 Å². The van der Waals surface area contributed by atoms with Gasteiger partial charge in [-0.1, -0.05) is 30.3 Å². The number of nitriles is 1. The second-order valence-electron chi connectivity index (χ2n) is 6.08. The van der Waals surface area contributed by atoms with Gasteiger partial charge in [0.15, 0.2) is 0 Å². The monoisotopic (exact) mass is 390 g/mol. The standard InChI is InChI=1S/C23H16F2N2O2/c24-19-7-9-20(10-8-19)27-23(28)18(14-26)13-16-5-11-21(12-6-16)29-15-17-3-1-2-4-22(17)25/h1-13H,15H2,(H,27,28)/b18-13+. The van der Waals surface area contributed by atoms with Crippen molar-refractivity contribution >= 4 is 17.7 Å². The van der Waals surface area contributed by atoms with Gasteiger partial charge in [-0.25, -0.2) is 8.78 Å². The van der Waals surface area contributed by atoms with Crippen LogP contribution < -0.4 is 10.1 Å².